The normalized spacial score (nSPS) is 27.7. The van der Waals surface area contributed by atoms with Gasteiger partial charge >= 0.3 is 5.97 Å². The summed E-state index contributed by atoms with van der Waals surface area (Å²) in [5, 5.41) is 9.05. The second-order valence-corrected chi connectivity index (χ2v) is 4.52. The van der Waals surface area contributed by atoms with Crippen LogP contribution in [0, 0.1) is 5.92 Å². The Morgan fingerprint density at radius 1 is 1.57 bits per heavy atom. The van der Waals surface area contributed by atoms with Crippen molar-refractivity contribution in [2.75, 3.05) is 0 Å². The minimum absolute atomic E-state index is 0.449. The third kappa shape index (κ3) is 1.05. The number of carboxylic acids is 1. The number of fused-ring (bicyclic) bond motifs is 3. The highest BCUT2D eigenvalue weighted by atomic mass is 16.4. The van der Waals surface area contributed by atoms with Gasteiger partial charge in [0.15, 0.2) is 0 Å². The summed E-state index contributed by atoms with van der Waals surface area (Å²) in [6.45, 7) is 0. The van der Waals surface area contributed by atoms with Crippen molar-refractivity contribution in [1.29, 1.82) is 0 Å². The Morgan fingerprint density at radius 2 is 2.43 bits per heavy atom. The number of hydrogen-bond acceptors (Lipinski definition) is 1. The van der Waals surface area contributed by atoms with Crippen LogP contribution >= 0.6 is 0 Å². The molecule has 14 heavy (non-hydrogen) atoms. The number of carbonyl (C=O) groups is 1. The van der Waals surface area contributed by atoms with Crippen LogP contribution in [-0.4, -0.2) is 17.4 Å². The smallest absolute Gasteiger partial charge is 0.332 e. The average molecular weight is 187 g/mol. The first-order valence-corrected chi connectivity index (χ1v) is 5.25. The van der Waals surface area contributed by atoms with Gasteiger partial charge in [0.2, 0.25) is 0 Å². The molecular formula is C11H12BO2-. The maximum Gasteiger partial charge on any atom is 0.332 e. The highest BCUT2D eigenvalue weighted by Crippen LogP contribution is 2.49. The molecule has 2 unspecified atom stereocenters. The first-order valence-electron chi connectivity index (χ1n) is 5.25. The van der Waals surface area contributed by atoms with Crippen LogP contribution in [0.2, 0.25) is 0 Å². The standard InChI is InChI=1S/C11H12BO2/c13-11(14)8-2-1-5-12-9(8)4-3-7-6-10(7)12/h1-2,5,7,10H,3-4,6H2,(H,13,14)/q-1. The average Bonchev–Trinajstić information content (AvgIpc) is 2.95. The van der Waals surface area contributed by atoms with Gasteiger partial charge in [-0.15, -0.1) is 12.4 Å². The predicted octanol–water partition coefficient (Wildman–Crippen LogP) is 1.92. The van der Waals surface area contributed by atoms with Gasteiger partial charge in [0.05, 0.1) is 0 Å². The molecule has 72 valence electrons. The molecule has 1 aliphatic heterocycles. The molecular weight excluding hydrogens is 175 g/mol. The second-order valence-electron chi connectivity index (χ2n) is 4.52. The summed E-state index contributed by atoms with van der Waals surface area (Å²) in [7, 11) is 0. The van der Waals surface area contributed by atoms with Gasteiger partial charge in [-0.05, 0) is 0 Å². The van der Waals surface area contributed by atoms with Crippen LogP contribution in [0.4, 0.5) is 0 Å². The molecule has 0 amide bonds. The summed E-state index contributed by atoms with van der Waals surface area (Å²) >= 11 is 0. The van der Waals surface area contributed by atoms with Crippen molar-refractivity contribution in [1.82, 2.24) is 0 Å². The monoisotopic (exact) mass is 187 g/mol. The van der Waals surface area contributed by atoms with Crippen molar-refractivity contribution in [3.63, 3.8) is 0 Å². The van der Waals surface area contributed by atoms with E-state index in [9.17, 15) is 4.79 Å². The van der Waals surface area contributed by atoms with Gasteiger partial charge in [-0.1, -0.05) is 31.2 Å². The highest BCUT2D eigenvalue weighted by Gasteiger charge is 2.34. The van der Waals surface area contributed by atoms with E-state index in [0.717, 1.165) is 18.2 Å². The van der Waals surface area contributed by atoms with E-state index in [2.05, 4.69) is 5.96 Å². The van der Waals surface area contributed by atoms with Crippen molar-refractivity contribution in [3.8, 4) is 0 Å². The van der Waals surface area contributed by atoms with E-state index in [1.807, 2.05) is 6.07 Å². The second kappa shape index (κ2) is 2.69. The Kier molecular flexibility index (Phi) is 1.58. The molecule has 0 bridgehead atoms. The van der Waals surface area contributed by atoms with Gasteiger partial charge in [-0.2, -0.15) is 5.82 Å². The van der Waals surface area contributed by atoms with E-state index in [1.54, 1.807) is 6.07 Å². The molecule has 1 aliphatic carbocycles. The van der Waals surface area contributed by atoms with Gasteiger partial charge in [0, 0.05) is 5.56 Å². The van der Waals surface area contributed by atoms with Crippen LogP contribution in [-0.2, 0) is 6.42 Å². The van der Waals surface area contributed by atoms with Crippen LogP contribution in [0.1, 0.15) is 34.5 Å². The van der Waals surface area contributed by atoms with Gasteiger partial charge in [0.25, 0.3) is 0 Å². The molecule has 1 fully saturated rings. The van der Waals surface area contributed by atoms with E-state index in [-0.39, 0.29) is 0 Å². The fourth-order valence-electron chi connectivity index (χ4n) is 2.97. The minimum Gasteiger partial charge on any atom is -0.478 e. The molecule has 2 nitrogen and oxygen atoms in total. The molecule has 1 aromatic heterocycles. The van der Waals surface area contributed by atoms with Crippen molar-refractivity contribution in [2.24, 2.45) is 5.92 Å². The molecule has 3 heteroatoms. The molecule has 0 aromatic carbocycles. The van der Waals surface area contributed by atoms with Crippen LogP contribution in [0.15, 0.2) is 18.1 Å². The molecule has 2 heterocycles. The lowest BCUT2D eigenvalue weighted by atomic mass is 9.51. The Morgan fingerprint density at radius 3 is 3.21 bits per heavy atom. The van der Waals surface area contributed by atoms with E-state index >= 15 is 0 Å². The largest absolute Gasteiger partial charge is 0.478 e. The van der Waals surface area contributed by atoms with Crippen LogP contribution in [0.3, 0.4) is 0 Å². The third-order valence-corrected chi connectivity index (χ3v) is 3.78. The van der Waals surface area contributed by atoms with E-state index < -0.39 is 5.97 Å². The van der Waals surface area contributed by atoms with E-state index in [1.165, 1.54) is 18.3 Å². The zero-order chi connectivity index (χ0) is 9.71. The molecule has 2 aliphatic rings. The van der Waals surface area contributed by atoms with Gasteiger partial charge in [0.1, 0.15) is 0 Å². The quantitative estimate of drug-likeness (QED) is 0.729. The van der Waals surface area contributed by atoms with Crippen LogP contribution in [0.5, 0.6) is 0 Å². The summed E-state index contributed by atoms with van der Waals surface area (Å²) in [6.07, 6.45) is 3.96. The topological polar surface area (TPSA) is 37.3 Å². The lowest BCUT2D eigenvalue weighted by Gasteiger charge is -2.26. The van der Waals surface area contributed by atoms with Crippen LogP contribution < -0.4 is 0 Å². The molecule has 1 aromatic rings. The maximum atomic E-state index is 11.0. The Balaban J connectivity index is 2.15. The molecule has 0 radical (unpaired) electrons. The predicted molar refractivity (Wildman–Crippen MR) is 54.8 cm³/mol. The summed E-state index contributed by atoms with van der Waals surface area (Å²) in [5.41, 5.74) is 1.74. The van der Waals surface area contributed by atoms with Gasteiger partial charge in [-0.25, -0.2) is 10.3 Å². The highest BCUT2D eigenvalue weighted by molar-refractivity contribution is 6.56. The summed E-state index contributed by atoms with van der Waals surface area (Å²) < 4.78 is 0. The minimum atomic E-state index is -0.756. The number of hydrogen-bond donors (Lipinski definition) is 1. The number of rotatable bonds is 1. The first-order chi connectivity index (χ1) is 6.77. The molecule has 3 rings (SSSR count). The Labute approximate surface area is 83.0 Å². The zero-order valence-corrected chi connectivity index (χ0v) is 7.94. The van der Waals surface area contributed by atoms with Gasteiger partial charge in [-0.3, -0.25) is 5.96 Å². The summed E-state index contributed by atoms with van der Waals surface area (Å²) in [5.74, 6) is 3.08. The Bertz CT molecular complexity index is 414. The summed E-state index contributed by atoms with van der Waals surface area (Å²) in [4.78, 5) is 11.0. The van der Waals surface area contributed by atoms with Crippen LogP contribution in [0.25, 0.3) is 0 Å². The van der Waals surface area contributed by atoms with Crippen molar-refractivity contribution in [2.45, 2.75) is 25.1 Å². The van der Waals surface area contributed by atoms with Gasteiger partial charge < -0.3 is 5.11 Å². The fourth-order valence-corrected chi connectivity index (χ4v) is 2.97. The molecule has 1 N–H and O–H groups in total. The lowest BCUT2D eigenvalue weighted by Crippen LogP contribution is -2.17. The molecule has 2 atom stereocenters. The van der Waals surface area contributed by atoms with Crippen molar-refractivity contribution < 1.29 is 9.90 Å². The molecule has 0 spiro atoms. The maximum absolute atomic E-state index is 11.0. The molecule has 1 saturated carbocycles. The van der Waals surface area contributed by atoms with E-state index in [0.29, 0.717) is 11.9 Å². The lowest BCUT2D eigenvalue weighted by molar-refractivity contribution is 0.0696. The number of carboxylic acid groups (broad SMARTS) is 1. The zero-order valence-electron chi connectivity index (χ0n) is 7.94. The summed E-state index contributed by atoms with van der Waals surface area (Å²) in [6, 6.07) is 3.66. The number of aromatic carboxylic acids is 1. The third-order valence-electron chi connectivity index (χ3n) is 3.78. The fraction of sp³-hybridized carbons (Fsp3) is 0.455. The van der Waals surface area contributed by atoms with Crippen molar-refractivity contribution in [3.05, 3.63) is 29.1 Å². The SMILES string of the molecule is O=C(O)c1ccc[b-]2c1CCC1CC21. The van der Waals surface area contributed by atoms with E-state index in [4.69, 9.17) is 5.11 Å². The first kappa shape index (κ1) is 8.21. The van der Waals surface area contributed by atoms with Crippen molar-refractivity contribution >= 4 is 12.3 Å². The Hall–Kier alpha value is -1.12. The molecule has 0 saturated heterocycles.